The Hall–Kier alpha value is -0.124. The van der Waals surface area contributed by atoms with E-state index in [0.717, 1.165) is 5.69 Å². The van der Waals surface area contributed by atoms with Crippen LogP contribution in [0.5, 0.6) is 0 Å². The summed E-state index contributed by atoms with van der Waals surface area (Å²) >= 11 is 0. The Labute approximate surface area is 135 Å². The summed E-state index contributed by atoms with van der Waals surface area (Å²) in [5.74, 6) is 0. The average Bonchev–Trinajstić information content (AvgIpc) is 2.25. The van der Waals surface area contributed by atoms with E-state index in [-0.39, 0.29) is 51.4 Å². The predicted molar refractivity (Wildman–Crippen MR) is 61.9 cm³/mol. The molecule has 0 unspecified atom stereocenters. The molecule has 0 saturated heterocycles. The molecule has 0 aliphatic rings. The molecule has 1 aromatic carbocycles. The van der Waals surface area contributed by atoms with Crippen molar-refractivity contribution in [1.29, 1.82) is 0 Å². The van der Waals surface area contributed by atoms with Crippen molar-refractivity contribution in [1.82, 2.24) is 0 Å². The number of hydrogen-bond acceptors (Lipinski definition) is 1. The zero-order valence-corrected chi connectivity index (χ0v) is 12.5. The molecule has 1 rings (SSSR count). The monoisotopic (exact) mass is 223 g/mol. The summed E-state index contributed by atoms with van der Waals surface area (Å²) in [4.78, 5) is 2.01. The molecule has 72 valence electrons. The van der Waals surface area contributed by atoms with Crippen molar-refractivity contribution in [2.45, 2.75) is 6.92 Å². The average molecular weight is 223 g/mol. The van der Waals surface area contributed by atoms with Gasteiger partial charge in [0.2, 0.25) is 0 Å². The first-order valence-electron chi connectivity index (χ1n) is 4.55. The van der Waals surface area contributed by atoms with Crippen LogP contribution in [0.3, 0.4) is 0 Å². The minimum atomic E-state index is 0. The van der Waals surface area contributed by atoms with E-state index in [4.69, 9.17) is 0 Å². The van der Waals surface area contributed by atoms with Crippen LogP contribution in [0.1, 0.15) is 6.92 Å². The van der Waals surface area contributed by atoms with Gasteiger partial charge < -0.3 is 4.90 Å². The zero-order chi connectivity index (χ0) is 10.2. The molecule has 0 aromatic heterocycles. The molecule has 0 amide bonds. The summed E-state index contributed by atoms with van der Waals surface area (Å²) in [5.41, 5.74) is 1.09. The van der Waals surface area contributed by atoms with E-state index in [1.165, 1.54) is 0 Å². The van der Waals surface area contributed by atoms with Crippen LogP contribution in [-0.4, -0.2) is 0 Å². The van der Waals surface area contributed by atoms with Gasteiger partial charge in [0.05, 0.1) is 0 Å². The van der Waals surface area contributed by atoms with E-state index in [2.05, 4.69) is 12.6 Å². The van der Waals surface area contributed by atoms with Crippen LogP contribution in [0.4, 0.5) is 5.69 Å². The SMILES string of the molecule is C=C/C=C\N(/C=C\C)c1c[c-]ccc1.[K+]. The first kappa shape index (κ1) is 14.9. The fourth-order valence-electron chi connectivity index (χ4n) is 1.08. The van der Waals surface area contributed by atoms with Crippen LogP contribution < -0.4 is 56.3 Å². The molecule has 0 aliphatic carbocycles. The van der Waals surface area contributed by atoms with Gasteiger partial charge in [-0.05, 0) is 25.4 Å². The van der Waals surface area contributed by atoms with Crippen molar-refractivity contribution in [2.24, 2.45) is 0 Å². The number of nitrogens with zero attached hydrogens (tertiary/aromatic N) is 1. The second-order valence-corrected chi connectivity index (χ2v) is 2.73. The molecule has 0 bridgehead atoms. The van der Waals surface area contributed by atoms with Crippen LogP contribution >= 0.6 is 0 Å². The minimum absolute atomic E-state index is 0. The molecule has 0 atom stereocenters. The quantitative estimate of drug-likeness (QED) is 0.409. The van der Waals surface area contributed by atoms with Gasteiger partial charge in [-0.3, -0.25) is 0 Å². The topological polar surface area (TPSA) is 3.24 Å². The van der Waals surface area contributed by atoms with Crippen LogP contribution in [-0.2, 0) is 0 Å². The van der Waals surface area contributed by atoms with Crippen molar-refractivity contribution in [3.8, 4) is 0 Å². The van der Waals surface area contributed by atoms with Crippen molar-refractivity contribution >= 4 is 5.69 Å². The first-order chi connectivity index (χ1) is 6.88. The van der Waals surface area contributed by atoms with Crippen molar-refractivity contribution in [2.75, 3.05) is 4.90 Å². The van der Waals surface area contributed by atoms with E-state index in [1.54, 1.807) is 6.08 Å². The zero-order valence-electron chi connectivity index (χ0n) is 9.35. The fourth-order valence-corrected chi connectivity index (χ4v) is 1.08. The molecule has 1 nitrogen and oxygen atoms in total. The summed E-state index contributed by atoms with van der Waals surface area (Å²) in [6.07, 6.45) is 9.58. The Morgan fingerprint density at radius 1 is 1.40 bits per heavy atom. The third-order valence-electron chi connectivity index (χ3n) is 1.68. The van der Waals surface area contributed by atoms with Gasteiger partial charge in [0.25, 0.3) is 0 Å². The molecule has 0 aliphatic heterocycles. The van der Waals surface area contributed by atoms with Gasteiger partial charge in [-0.25, -0.2) is 0 Å². The van der Waals surface area contributed by atoms with E-state index >= 15 is 0 Å². The molecular weight excluding hydrogens is 209 g/mol. The Balaban J connectivity index is 0.00000196. The van der Waals surface area contributed by atoms with E-state index in [1.807, 2.05) is 60.6 Å². The molecule has 15 heavy (non-hydrogen) atoms. The van der Waals surface area contributed by atoms with Gasteiger partial charge in [-0.15, -0.1) is 6.07 Å². The number of rotatable bonds is 4. The summed E-state index contributed by atoms with van der Waals surface area (Å²) in [6.45, 7) is 5.63. The molecule has 1 aromatic rings. The van der Waals surface area contributed by atoms with Crippen LogP contribution in [0, 0.1) is 6.07 Å². The van der Waals surface area contributed by atoms with Gasteiger partial charge in [0.15, 0.2) is 0 Å². The fraction of sp³-hybridized carbons (Fsp3) is 0.0769. The van der Waals surface area contributed by atoms with Crippen LogP contribution in [0.25, 0.3) is 0 Å². The van der Waals surface area contributed by atoms with Gasteiger partial charge in [-0.1, -0.05) is 24.4 Å². The molecular formula is C13H14KN. The van der Waals surface area contributed by atoms with Crippen LogP contribution in [0.2, 0.25) is 0 Å². The summed E-state index contributed by atoms with van der Waals surface area (Å²) in [5, 5.41) is 0. The number of hydrogen-bond donors (Lipinski definition) is 0. The predicted octanol–water partition coefficient (Wildman–Crippen LogP) is 0.530. The Bertz CT molecular complexity index is 328. The maximum absolute atomic E-state index is 3.64. The molecule has 0 N–H and O–H groups in total. The minimum Gasteiger partial charge on any atom is -0.378 e. The van der Waals surface area contributed by atoms with E-state index in [0.29, 0.717) is 0 Å². The molecule has 0 spiro atoms. The molecule has 0 saturated carbocycles. The van der Waals surface area contributed by atoms with E-state index in [9.17, 15) is 0 Å². The summed E-state index contributed by atoms with van der Waals surface area (Å²) < 4.78 is 0. The van der Waals surface area contributed by atoms with Crippen LogP contribution in [0.15, 0.2) is 61.5 Å². The standard InChI is InChI=1S/C13H14N.K/c1-3-5-12-14(11-4-2)13-9-7-6-8-10-13;/h3-7,9-12H,1H2,2H3;/q-1;+1/b11-4-,12-5-;. The first-order valence-corrected chi connectivity index (χ1v) is 4.55. The van der Waals surface area contributed by atoms with Crippen molar-refractivity contribution in [3.63, 3.8) is 0 Å². The Kier molecular flexibility index (Phi) is 9.05. The number of allylic oxidation sites excluding steroid dienone is 3. The molecule has 0 radical (unpaired) electrons. The van der Waals surface area contributed by atoms with Gasteiger partial charge in [0, 0.05) is 0 Å². The third-order valence-corrected chi connectivity index (χ3v) is 1.68. The smallest absolute Gasteiger partial charge is 0.378 e. The number of anilines is 1. The number of benzene rings is 1. The maximum atomic E-state index is 3.64. The van der Waals surface area contributed by atoms with Crippen molar-refractivity contribution in [3.05, 3.63) is 67.5 Å². The second kappa shape index (κ2) is 9.13. The van der Waals surface area contributed by atoms with Gasteiger partial charge >= 0.3 is 51.4 Å². The normalized spacial score (nSPS) is 10.2. The van der Waals surface area contributed by atoms with Crippen molar-refractivity contribution < 1.29 is 51.4 Å². The second-order valence-electron chi connectivity index (χ2n) is 2.73. The largest absolute Gasteiger partial charge is 1.00 e. The summed E-state index contributed by atoms with van der Waals surface area (Å²) in [7, 11) is 0. The Morgan fingerprint density at radius 2 is 2.20 bits per heavy atom. The molecule has 0 fully saturated rings. The Morgan fingerprint density at radius 3 is 2.73 bits per heavy atom. The maximum Gasteiger partial charge on any atom is 1.00 e. The summed E-state index contributed by atoms with van der Waals surface area (Å²) in [6, 6.07) is 10.9. The third kappa shape index (κ3) is 5.49. The molecule has 2 heteroatoms. The van der Waals surface area contributed by atoms with E-state index < -0.39 is 0 Å². The van der Waals surface area contributed by atoms with Gasteiger partial charge in [0.1, 0.15) is 0 Å². The molecule has 0 heterocycles. The van der Waals surface area contributed by atoms with Gasteiger partial charge in [-0.2, -0.15) is 24.3 Å².